The number of carbonyl (C=O) groups is 1. The second kappa shape index (κ2) is 8.78. The Balaban J connectivity index is 1.71. The van der Waals surface area contributed by atoms with Crippen LogP contribution in [0.4, 0.5) is 4.39 Å². The normalized spacial score (nSPS) is 19.3. The molecule has 0 amide bonds. The number of benzene rings is 2. The van der Waals surface area contributed by atoms with Crippen molar-refractivity contribution in [1.29, 1.82) is 0 Å². The zero-order chi connectivity index (χ0) is 21.3. The van der Waals surface area contributed by atoms with Gasteiger partial charge in [0.2, 0.25) is 0 Å². The number of fused-ring (bicyclic) bond motifs is 1. The van der Waals surface area contributed by atoms with E-state index in [0.717, 1.165) is 35.2 Å². The average Bonchev–Trinajstić information content (AvgIpc) is 3.03. The van der Waals surface area contributed by atoms with Crippen LogP contribution in [0.2, 0.25) is 5.02 Å². The molecule has 158 valence electrons. The van der Waals surface area contributed by atoms with Crippen molar-refractivity contribution in [3.63, 3.8) is 0 Å². The fraction of sp³-hybridized carbons (Fsp3) is 0.375. The van der Waals surface area contributed by atoms with Crippen molar-refractivity contribution in [2.75, 3.05) is 0 Å². The van der Waals surface area contributed by atoms with Gasteiger partial charge >= 0.3 is 5.97 Å². The van der Waals surface area contributed by atoms with Crippen molar-refractivity contribution < 1.29 is 14.3 Å². The van der Waals surface area contributed by atoms with E-state index in [1.165, 1.54) is 25.0 Å². The van der Waals surface area contributed by atoms with E-state index in [-0.39, 0.29) is 12.2 Å². The second-order valence-corrected chi connectivity index (χ2v) is 8.72. The maximum Gasteiger partial charge on any atom is 0.352 e. The van der Waals surface area contributed by atoms with Crippen molar-refractivity contribution in [2.24, 2.45) is 5.92 Å². The van der Waals surface area contributed by atoms with Gasteiger partial charge in [0.1, 0.15) is 11.5 Å². The van der Waals surface area contributed by atoms with Crippen LogP contribution in [0.5, 0.6) is 0 Å². The van der Waals surface area contributed by atoms with Gasteiger partial charge < -0.3 is 15.0 Å². The van der Waals surface area contributed by atoms with Crippen LogP contribution < -0.4 is 5.32 Å². The van der Waals surface area contributed by atoms with E-state index in [9.17, 15) is 14.3 Å². The van der Waals surface area contributed by atoms with Crippen molar-refractivity contribution >= 4 is 28.5 Å². The molecule has 0 aliphatic heterocycles. The molecule has 1 aliphatic carbocycles. The molecule has 6 heteroatoms. The summed E-state index contributed by atoms with van der Waals surface area (Å²) in [7, 11) is 0. The molecule has 1 aromatic heterocycles. The zero-order valence-corrected chi connectivity index (χ0v) is 17.8. The number of nitrogens with one attached hydrogen (secondary N) is 1. The number of carboxylic acids is 1. The fourth-order valence-electron chi connectivity index (χ4n) is 4.49. The summed E-state index contributed by atoms with van der Waals surface area (Å²) in [6.45, 7) is 3.06. The number of aromatic carboxylic acids is 1. The highest BCUT2D eigenvalue weighted by molar-refractivity contribution is 6.31. The molecule has 0 saturated heterocycles. The van der Waals surface area contributed by atoms with Gasteiger partial charge in [-0.25, -0.2) is 9.18 Å². The van der Waals surface area contributed by atoms with Gasteiger partial charge in [0, 0.05) is 40.6 Å². The molecule has 3 aromatic rings. The van der Waals surface area contributed by atoms with E-state index in [4.69, 9.17) is 11.6 Å². The second-order valence-electron chi connectivity index (χ2n) is 8.31. The quantitative estimate of drug-likeness (QED) is 0.517. The molecular formula is C24H26ClFN2O2. The maximum absolute atomic E-state index is 13.5. The molecule has 30 heavy (non-hydrogen) atoms. The number of halogens is 2. The Kier molecular flexibility index (Phi) is 6.11. The molecule has 0 unspecified atom stereocenters. The minimum Gasteiger partial charge on any atom is -0.477 e. The van der Waals surface area contributed by atoms with E-state index in [1.807, 2.05) is 24.3 Å². The van der Waals surface area contributed by atoms with Crippen LogP contribution in [0.1, 0.15) is 54.2 Å². The molecule has 2 aromatic carbocycles. The molecule has 0 atom stereocenters. The van der Waals surface area contributed by atoms with Gasteiger partial charge in [-0.2, -0.15) is 0 Å². The van der Waals surface area contributed by atoms with Gasteiger partial charge in [-0.1, -0.05) is 42.8 Å². The van der Waals surface area contributed by atoms with Gasteiger partial charge in [-0.05, 0) is 55.4 Å². The number of aromatic nitrogens is 1. The Labute approximate surface area is 180 Å². The summed E-state index contributed by atoms with van der Waals surface area (Å²) in [6.07, 6.45) is 4.64. The summed E-state index contributed by atoms with van der Waals surface area (Å²) < 4.78 is 15.2. The van der Waals surface area contributed by atoms with Gasteiger partial charge in [0.25, 0.3) is 0 Å². The molecule has 0 radical (unpaired) electrons. The Morgan fingerprint density at radius 3 is 2.63 bits per heavy atom. The summed E-state index contributed by atoms with van der Waals surface area (Å²) in [6, 6.07) is 12.3. The summed E-state index contributed by atoms with van der Waals surface area (Å²) >= 11 is 6.23. The Bertz CT molecular complexity index is 1070. The predicted octanol–water partition coefficient (Wildman–Crippen LogP) is 5.85. The van der Waals surface area contributed by atoms with E-state index in [0.29, 0.717) is 23.2 Å². The van der Waals surface area contributed by atoms with Crippen molar-refractivity contribution in [1.82, 2.24) is 9.88 Å². The van der Waals surface area contributed by atoms with Crippen LogP contribution >= 0.6 is 11.6 Å². The lowest BCUT2D eigenvalue weighted by Gasteiger charge is -2.27. The van der Waals surface area contributed by atoms with Crippen LogP contribution in [0, 0.1) is 11.7 Å². The van der Waals surface area contributed by atoms with Crippen molar-refractivity contribution in [2.45, 2.75) is 51.7 Å². The molecule has 1 aliphatic rings. The Morgan fingerprint density at radius 2 is 1.93 bits per heavy atom. The molecule has 4 nitrogen and oxygen atoms in total. The first-order valence-corrected chi connectivity index (χ1v) is 10.8. The number of nitrogens with zero attached hydrogens (tertiary/aromatic N) is 1. The first-order valence-electron chi connectivity index (χ1n) is 10.4. The summed E-state index contributed by atoms with van der Waals surface area (Å²) in [5.74, 6) is -0.621. The SMILES string of the molecule is CC1CCC(NCc2c(C(=O)O)n(Cc3ccc(F)cc3Cl)c3ccccc23)CC1. The largest absolute Gasteiger partial charge is 0.477 e. The lowest BCUT2D eigenvalue weighted by molar-refractivity contribution is 0.0684. The summed E-state index contributed by atoms with van der Waals surface area (Å²) in [5, 5.41) is 14.9. The topological polar surface area (TPSA) is 54.3 Å². The van der Waals surface area contributed by atoms with Crippen molar-refractivity contribution in [3.05, 3.63) is 70.1 Å². The minimum absolute atomic E-state index is 0.258. The maximum atomic E-state index is 13.5. The highest BCUT2D eigenvalue weighted by atomic mass is 35.5. The molecule has 1 heterocycles. The summed E-state index contributed by atoms with van der Waals surface area (Å²) in [5.41, 5.74) is 2.56. The lowest BCUT2D eigenvalue weighted by Crippen LogP contribution is -2.32. The molecule has 1 saturated carbocycles. The molecule has 0 spiro atoms. The third kappa shape index (κ3) is 4.23. The third-order valence-corrected chi connectivity index (χ3v) is 6.56. The van der Waals surface area contributed by atoms with Gasteiger partial charge in [-0.15, -0.1) is 0 Å². The molecule has 2 N–H and O–H groups in total. The van der Waals surface area contributed by atoms with Gasteiger partial charge in [0.05, 0.1) is 0 Å². The number of hydrogen-bond acceptors (Lipinski definition) is 2. The number of para-hydroxylation sites is 1. The lowest BCUT2D eigenvalue weighted by atomic mass is 9.87. The van der Waals surface area contributed by atoms with Crippen LogP contribution in [-0.4, -0.2) is 21.7 Å². The minimum atomic E-state index is -0.974. The smallest absolute Gasteiger partial charge is 0.352 e. The molecule has 4 rings (SSSR count). The van der Waals surface area contributed by atoms with E-state index < -0.39 is 11.8 Å². The number of carboxylic acid groups (broad SMARTS) is 1. The molecular weight excluding hydrogens is 403 g/mol. The standard InChI is InChI=1S/C24H26ClFN2O2/c1-15-6-10-18(11-7-15)27-13-20-19-4-2-3-5-22(19)28(23(20)24(29)30)14-16-8-9-17(26)12-21(16)25/h2-5,8-9,12,15,18,27H,6-7,10-11,13-14H2,1H3,(H,29,30). The third-order valence-electron chi connectivity index (χ3n) is 6.21. The zero-order valence-electron chi connectivity index (χ0n) is 17.0. The highest BCUT2D eigenvalue weighted by Crippen LogP contribution is 2.30. The first kappa shape index (κ1) is 20.9. The summed E-state index contributed by atoms with van der Waals surface area (Å²) in [4.78, 5) is 12.3. The monoisotopic (exact) mass is 428 g/mol. The van der Waals surface area contributed by atoms with Crippen LogP contribution in [0.3, 0.4) is 0 Å². The molecule has 1 fully saturated rings. The predicted molar refractivity (Wildman–Crippen MR) is 118 cm³/mol. The van der Waals surface area contributed by atoms with Crippen LogP contribution in [-0.2, 0) is 13.1 Å². The number of rotatable bonds is 6. The average molecular weight is 429 g/mol. The first-order chi connectivity index (χ1) is 14.4. The highest BCUT2D eigenvalue weighted by Gasteiger charge is 2.24. The van der Waals surface area contributed by atoms with E-state index in [2.05, 4.69) is 12.2 Å². The molecule has 0 bridgehead atoms. The number of hydrogen-bond donors (Lipinski definition) is 2. The van der Waals surface area contributed by atoms with Gasteiger partial charge in [0.15, 0.2) is 0 Å². The van der Waals surface area contributed by atoms with Gasteiger partial charge in [-0.3, -0.25) is 0 Å². The van der Waals surface area contributed by atoms with Crippen LogP contribution in [0.25, 0.3) is 10.9 Å². The van der Waals surface area contributed by atoms with E-state index in [1.54, 1.807) is 10.6 Å². The van der Waals surface area contributed by atoms with Crippen molar-refractivity contribution in [3.8, 4) is 0 Å². The van der Waals surface area contributed by atoms with Crippen LogP contribution in [0.15, 0.2) is 42.5 Å². The Morgan fingerprint density at radius 1 is 1.20 bits per heavy atom. The Hall–Kier alpha value is -2.37. The fourth-order valence-corrected chi connectivity index (χ4v) is 4.72. The van der Waals surface area contributed by atoms with E-state index >= 15 is 0 Å².